The van der Waals surface area contributed by atoms with Crippen LogP contribution in [0.4, 0.5) is 8.78 Å². The van der Waals surface area contributed by atoms with Crippen molar-refractivity contribution in [3.63, 3.8) is 0 Å². The van der Waals surface area contributed by atoms with Crippen LogP contribution in [0.25, 0.3) is 39.1 Å². The van der Waals surface area contributed by atoms with Gasteiger partial charge in [0, 0.05) is 10.7 Å². The van der Waals surface area contributed by atoms with Gasteiger partial charge < -0.3 is 4.42 Å². The van der Waals surface area contributed by atoms with Crippen molar-refractivity contribution in [1.82, 2.24) is 19.7 Å². The first-order valence-electron chi connectivity index (χ1n) is 9.05. The summed E-state index contributed by atoms with van der Waals surface area (Å²) in [5.74, 6) is -0.0937. The third kappa shape index (κ3) is 3.52. The van der Waals surface area contributed by atoms with Crippen molar-refractivity contribution in [2.75, 3.05) is 0 Å². The van der Waals surface area contributed by atoms with Crippen molar-refractivity contribution in [3.8, 4) is 17.4 Å². The minimum atomic E-state index is -2.86. The monoisotopic (exact) mass is 580 g/mol. The van der Waals surface area contributed by atoms with Crippen LogP contribution in [0.5, 0.6) is 0 Å². The first-order valence-corrected chi connectivity index (χ1v) is 11.0. The molecule has 0 amide bonds. The fraction of sp³-hybridized carbons (Fsp3) is 0.0476. The number of pyridine rings is 1. The van der Waals surface area contributed by atoms with Crippen molar-refractivity contribution >= 4 is 65.1 Å². The highest BCUT2D eigenvalue weighted by Gasteiger charge is 2.23. The van der Waals surface area contributed by atoms with Gasteiger partial charge in [0.2, 0.25) is 5.89 Å². The highest BCUT2D eigenvalue weighted by Crippen LogP contribution is 2.34. The molecule has 0 spiro atoms. The summed E-state index contributed by atoms with van der Waals surface area (Å²) in [5.41, 5.74) is -0.869. The molecular weight excluding hydrogens is 574 g/mol. The van der Waals surface area contributed by atoms with E-state index in [1.807, 2.05) is 18.2 Å². The number of alkyl halides is 2. The van der Waals surface area contributed by atoms with E-state index in [9.17, 15) is 13.6 Å². The number of rotatable bonds is 3. The zero-order valence-electron chi connectivity index (χ0n) is 15.7. The second-order valence-electron chi connectivity index (χ2n) is 6.73. The summed E-state index contributed by atoms with van der Waals surface area (Å²) in [6.07, 6.45) is -1.42. The highest BCUT2D eigenvalue weighted by molar-refractivity contribution is 9.11. The molecule has 3 heterocycles. The molecule has 0 aliphatic heterocycles. The molecule has 6 nitrogen and oxygen atoms in total. The fourth-order valence-corrected chi connectivity index (χ4v) is 4.56. The Morgan fingerprint density at radius 3 is 2.66 bits per heavy atom. The van der Waals surface area contributed by atoms with E-state index in [1.54, 1.807) is 18.2 Å². The van der Waals surface area contributed by atoms with Crippen LogP contribution in [-0.4, -0.2) is 19.7 Å². The summed E-state index contributed by atoms with van der Waals surface area (Å²) >= 11 is 13.1. The van der Waals surface area contributed by atoms with E-state index >= 15 is 0 Å². The number of halogens is 5. The summed E-state index contributed by atoms with van der Waals surface area (Å²) in [6, 6.07) is 11.5. The van der Waals surface area contributed by atoms with Crippen molar-refractivity contribution in [2.45, 2.75) is 6.43 Å². The van der Waals surface area contributed by atoms with Crippen LogP contribution in [0, 0.1) is 0 Å². The summed E-state index contributed by atoms with van der Waals surface area (Å²) in [7, 11) is 0. The third-order valence-corrected chi connectivity index (χ3v) is 6.34. The molecule has 32 heavy (non-hydrogen) atoms. The first-order chi connectivity index (χ1) is 15.3. The number of benzene rings is 2. The Kier molecular flexibility index (Phi) is 5.31. The smallest absolute Gasteiger partial charge is 0.347 e. The lowest BCUT2D eigenvalue weighted by atomic mass is 10.1. The Morgan fingerprint density at radius 1 is 1.09 bits per heavy atom. The van der Waals surface area contributed by atoms with Gasteiger partial charge in [-0.2, -0.15) is 5.10 Å². The van der Waals surface area contributed by atoms with Crippen molar-refractivity contribution in [3.05, 3.63) is 78.7 Å². The molecule has 0 N–H and O–H groups in total. The number of aromatic nitrogens is 4. The highest BCUT2D eigenvalue weighted by atomic mass is 79.9. The van der Waals surface area contributed by atoms with E-state index in [1.165, 1.54) is 6.20 Å². The maximum absolute atomic E-state index is 13.4. The predicted molar refractivity (Wildman–Crippen MR) is 124 cm³/mol. The molecule has 0 aliphatic carbocycles. The van der Waals surface area contributed by atoms with Gasteiger partial charge in [-0.1, -0.05) is 33.6 Å². The lowest BCUT2D eigenvalue weighted by Crippen LogP contribution is -2.08. The van der Waals surface area contributed by atoms with E-state index in [4.69, 9.17) is 16.0 Å². The summed E-state index contributed by atoms with van der Waals surface area (Å²) in [4.78, 5) is 21.4. The molecule has 0 radical (unpaired) electrons. The van der Waals surface area contributed by atoms with Gasteiger partial charge in [0.15, 0.2) is 5.82 Å². The molecule has 0 unspecified atom stereocenters. The minimum Gasteiger partial charge on any atom is -0.401 e. The number of hydrogen-bond acceptors (Lipinski definition) is 5. The van der Waals surface area contributed by atoms with Crippen LogP contribution in [0.2, 0.25) is 5.02 Å². The molecule has 0 fully saturated rings. The lowest BCUT2D eigenvalue weighted by molar-refractivity contribution is 0.145. The van der Waals surface area contributed by atoms with Crippen molar-refractivity contribution < 1.29 is 13.2 Å². The van der Waals surface area contributed by atoms with E-state index in [2.05, 4.69) is 46.9 Å². The Morgan fingerprint density at radius 2 is 1.91 bits per heavy atom. The van der Waals surface area contributed by atoms with E-state index in [0.29, 0.717) is 9.99 Å². The summed E-state index contributed by atoms with van der Waals surface area (Å²) < 4.78 is 34.8. The van der Waals surface area contributed by atoms with Crippen molar-refractivity contribution in [1.29, 1.82) is 0 Å². The van der Waals surface area contributed by atoms with Gasteiger partial charge in [-0.05, 0) is 63.1 Å². The van der Waals surface area contributed by atoms with E-state index in [0.717, 1.165) is 26.0 Å². The molecule has 0 bridgehead atoms. The van der Waals surface area contributed by atoms with Crippen LogP contribution in [0.15, 0.2) is 66.8 Å². The average Bonchev–Trinajstić information content (AvgIpc) is 3.20. The number of fused-ring (bicyclic) bond motifs is 2. The van der Waals surface area contributed by atoms with Crippen LogP contribution >= 0.6 is 43.5 Å². The van der Waals surface area contributed by atoms with Crippen LogP contribution in [0.3, 0.4) is 0 Å². The van der Waals surface area contributed by atoms with Gasteiger partial charge in [-0.25, -0.2) is 28.2 Å². The molecule has 11 heteroatoms. The van der Waals surface area contributed by atoms with Gasteiger partial charge >= 0.3 is 5.63 Å². The number of hydrogen-bond donors (Lipinski definition) is 0. The van der Waals surface area contributed by atoms with Crippen molar-refractivity contribution in [2.24, 2.45) is 0 Å². The molecule has 5 rings (SSSR count). The molecule has 2 aromatic carbocycles. The molecule has 0 saturated carbocycles. The Bertz CT molecular complexity index is 1590. The number of nitrogens with zero attached hydrogens (tertiary/aromatic N) is 4. The first kappa shape index (κ1) is 21.2. The zero-order valence-corrected chi connectivity index (χ0v) is 19.6. The Labute approximate surface area is 200 Å². The molecular formula is C21H9Br2ClF2N4O2. The summed E-state index contributed by atoms with van der Waals surface area (Å²) in [5, 5.41) is 5.94. The predicted octanol–water partition coefficient (Wildman–Crippen LogP) is 6.70. The largest absolute Gasteiger partial charge is 0.401 e. The maximum Gasteiger partial charge on any atom is 0.347 e. The van der Waals surface area contributed by atoms with Gasteiger partial charge in [0.1, 0.15) is 11.4 Å². The quantitative estimate of drug-likeness (QED) is 0.221. The van der Waals surface area contributed by atoms with E-state index in [-0.39, 0.29) is 27.8 Å². The van der Waals surface area contributed by atoms with E-state index < -0.39 is 17.7 Å². The van der Waals surface area contributed by atoms with Crippen LogP contribution < -0.4 is 5.63 Å². The standard InChI is InChI=1S/C21H9Br2ClF2N4O2/c22-10-3-4-11-9(6-10)7-12-17(16(11)23)28-20(32-21(12)31)15-8-14(18(25)26)29-30(15)19-13(24)2-1-5-27-19/h1-8,18H. The third-order valence-electron chi connectivity index (χ3n) is 4.75. The van der Waals surface area contributed by atoms with Gasteiger partial charge in [-0.15, -0.1) is 0 Å². The molecule has 0 atom stereocenters. The summed E-state index contributed by atoms with van der Waals surface area (Å²) in [6.45, 7) is 0. The zero-order chi connectivity index (χ0) is 22.6. The SMILES string of the molecule is O=c1oc(-c2cc(C(F)F)nn2-c2ncccc2Cl)nc2c(Br)c3ccc(Br)cc3cc12. The Hall–Kier alpha value is -2.69. The maximum atomic E-state index is 13.4. The second kappa shape index (κ2) is 8.02. The van der Waals surface area contributed by atoms with Gasteiger partial charge in [-0.3, -0.25) is 0 Å². The van der Waals surface area contributed by atoms with Crippen LogP contribution in [-0.2, 0) is 0 Å². The molecule has 3 aromatic heterocycles. The minimum absolute atomic E-state index is 0.0164. The normalized spacial score (nSPS) is 11.7. The van der Waals surface area contributed by atoms with Gasteiger partial charge in [0.25, 0.3) is 6.43 Å². The lowest BCUT2D eigenvalue weighted by Gasteiger charge is -2.09. The molecule has 160 valence electrons. The molecule has 0 saturated heterocycles. The molecule has 0 aliphatic rings. The average molecular weight is 583 g/mol. The van der Waals surface area contributed by atoms with Gasteiger partial charge in [0.05, 0.1) is 20.4 Å². The molecule has 5 aromatic rings. The Balaban J connectivity index is 1.81. The van der Waals surface area contributed by atoms with Crippen LogP contribution in [0.1, 0.15) is 12.1 Å². The topological polar surface area (TPSA) is 73.8 Å². The fourth-order valence-electron chi connectivity index (χ4n) is 3.32. The second-order valence-corrected chi connectivity index (χ2v) is 8.85.